The zero-order chi connectivity index (χ0) is 17.7. The maximum atomic E-state index is 12.8. The Kier molecular flexibility index (Phi) is 3.82. The van der Waals surface area contributed by atoms with E-state index in [1.54, 1.807) is 11.9 Å². The third kappa shape index (κ3) is 2.81. The van der Waals surface area contributed by atoms with Crippen LogP contribution in [-0.4, -0.2) is 28.6 Å². The number of hydrogen-bond donors (Lipinski definition) is 1. The van der Waals surface area contributed by atoms with Gasteiger partial charge in [0.1, 0.15) is 17.2 Å². The number of rotatable bonds is 4. The molecule has 2 aliphatic rings. The minimum Gasteiger partial charge on any atom is -0.464 e. The summed E-state index contributed by atoms with van der Waals surface area (Å²) in [5.41, 5.74) is 2.95. The first kappa shape index (κ1) is 16.2. The number of hydrogen-bond acceptors (Lipinski definition) is 3. The molecule has 5 heteroatoms. The average Bonchev–Trinajstić information content (AvgIpc) is 2.99. The Morgan fingerprint density at radius 1 is 1.36 bits per heavy atom. The number of furan rings is 1. The second kappa shape index (κ2) is 5.90. The van der Waals surface area contributed by atoms with Gasteiger partial charge in [0.15, 0.2) is 5.78 Å². The zero-order valence-corrected chi connectivity index (χ0v) is 15.0. The van der Waals surface area contributed by atoms with Crippen LogP contribution in [-0.2, 0) is 13.0 Å². The van der Waals surface area contributed by atoms with Crippen molar-refractivity contribution in [1.82, 2.24) is 9.88 Å². The Bertz CT molecular complexity index is 845. The molecule has 0 unspecified atom stereocenters. The number of H-pyrrole nitrogens is 1. The summed E-state index contributed by atoms with van der Waals surface area (Å²) < 4.78 is 5.91. The van der Waals surface area contributed by atoms with Crippen LogP contribution >= 0.6 is 0 Å². The molecule has 2 heterocycles. The first-order valence-electron chi connectivity index (χ1n) is 9.04. The highest BCUT2D eigenvalue weighted by Crippen LogP contribution is 2.47. The number of Topliss-reactive ketones (excluding diaryl/α,β-unsaturated/α-hetero) is 1. The van der Waals surface area contributed by atoms with Crippen LogP contribution in [0.5, 0.6) is 0 Å². The Balaban J connectivity index is 1.51. The lowest BCUT2D eigenvalue weighted by atomic mass is 9.94. The molecular formula is C20H24N2O3. The Morgan fingerprint density at radius 2 is 2.12 bits per heavy atom. The van der Waals surface area contributed by atoms with Crippen molar-refractivity contribution in [2.75, 3.05) is 7.05 Å². The second-order valence-corrected chi connectivity index (χ2v) is 7.54. The summed E-state index contributed by atoms with van der Waals surface area (Å²) in [5.74, 6) is 3.11. The largest absolute Gasteiger partial charge is 0.464 e. The monoisotopic (exact) mass is 340 g/mol. The van der Waals surface area contributed by atoms with E-state index < -0.39 is 0 Å². The highest BCUT2D eigenvalue weighted by Gasteiger charge is 2.36. The van der Waals surface area contributed by atoms with Gasteiger partial charge in [-0.05, 0) is 49.8 Å². The van der Waals surface area contributed by atoms with Gasteiger partial charge in [-0.15, -0.1) is 0 Å². The number of aromatic nitrogens is 1. The Hall–Kier alpha value is -2.30. The van der Waals surface area contributed by atoms with E-state index in [1.165, 1.54) is 6.42 Å². The van der Waals surface area contributed by atoms with E-state index in [2.05, 4.69) is 11.9 Å². The quantitative estimate of drug-likeness (QED) is 0.920. The topological polar surface area (TPSA) is 66.3 Å². The molecule has 0 aliphatic heterocycles. The summed E-state index contributed by atoms with van der Waals surface area (Å²) >= 11 is 0. The fourth-order valence-electron chi connectivity index (χ4n) is 3.88. The SMILES string of the molecule is Cc1c(C(=O)N(C)Cc2ccc([C@H]3C[C@@H]3C)o2)[nH]c2c1C(=O)CCC2. The number of fused-ring (bicyclic) bond motifs is 1. The van der Waals surface area contributed by atoms with Gasteiger partial charge in [0.2, 0.25) is 0 Å². The van der Waals surface area contributed by atoms with Crippen molar-refractivity contribution in [3.63, 3.8) is 0 Å². The lowest BCUT2D eigenvalue weighted by molar-refractivity contribution is 0.0768. The molecule has 4 rings (SSSR count). The molecule has 2 aliphatic carbocycles. The minimum atomic E-state index is -0.0996. The van der Waals surface area contributed by atoms with Gasteiger partial charge in [-0.3, -0.25) is 9.59 Å². The van der Waals surface area contributed by atoms with Crippen LogP contribution in [0.25, 0.3) is 0 Å². The molecule has 132 valence electrons. The van der Waals surface area contributed by atoms with Crippen molar-refractivity contribution in [3.8, 4) is 0 Å². The van der Waals surface area contributed by atoms with Crippen LogP contribution in [0.3, 0.4) is 0 Å². The fourth-order valence-corrected chi connectivity index (χ4v) is 3.88. The number of nitrogens with zero attached hydrogens (tertiary/aromatic N) is 1. The molecule has 5 nitrogen and oxygen atoms in total. The van der Waals surface area contributed by atoms with E-state index in [4.69, 9.17) is 4.42 Å². The van der Waals surface area contributed by atoms with Gasteiger partial charge in [-0.1, -0.05) is 6.92 Å². The maximum absolute atomic E-state index is 12.8. The van der Waals surface area contributed by atoms with E-state index in [0.29, 0.717) is 30.5 Å². The molecule has 0 spiro atoms. The van der Waals surface area contributed by atoms with Crippen LogP contribution in [0.1, 0.15) is 75.7 Å². The maximum Gasteiger partial charge on any atom is 0.270 e. The van der Waals surface area contributed by atoms with Gasteiger partial charge >= 0.3 is 0 Å². The van der Waals surface area contributed by atoms with Crippen LogP contribution in [0, 0.1) is 12.8 Å². The standard InChI is InChI=1S/C20H24N2O3/c1-11-9-14(11)17-8-7-13(25-17)10-22(3)20(24)19-12(2)18-15(21-19)5-4-6-16(18)23/h7-8,11,14,21H,4-6,9-10H2,1-3H3/t11-,14-/m0/s1. The van der Waals surface area contributed by atoms with E-state index >= 15 is 0 Å². The lowest BCUT2D eigenvalue weighted by Gasteiger charge is -2.15. The normalized spacial score (nSPS) is 22.0. The fraction of sp³-hybridized carbons (Fsp3) is 0.500. The van der Waals surface area contributed by atoms with Crippen molar-refractivity contribution in [2.45, 2.75) is 52.0 Å². The smallest absolute Gasteiger partial charge is 0.270 e. The predicted molar refractivity (Wildman–Crippen MR) is 93.8 cm³/mol. The van der Waals surface area contributed by atoms with Crippen molar-refractivity contribution < 1.29 is 14.0 Å². The van der Waals surface area contributed by atoms with Gasteiger partial charge in [0.05, 0.1) is 6.54 Å². The number of ketones is 1. The molecule has 0 aromatic carbocycles. The van der Waals surface area contributed by atoms with Gasteiger partial charge in [0, 0.05) is 30.6 Å². The summed E-state index contributed by atoms with van der Waals surface area (Å²) in [6.07, 6.45) is 3.44. The molecule has 0 bridgehead atoms. The Labute approximate surface area is 147 Å². The van der Waals surface area contributed by atoms with Gasteiger partial charge < -0.3 is 14.3 Å². The van der Waals surface area contributed by atoms with Gasteiger partial charge in [0.25, 0.3) is 5.91 Å². The van der Waals surface area contributed by atoms with Crippen LogP contribution in [0.2, 0.25) is 0 Å². The van der Waals surface area contributed by atoms with E-state index in [1.807, 2.05) is 19.1 Å². The number of aromatic amines is 1. The first-order chi connectivity index (χ1) is 12.0. The molecule has 0 radical (unpaired) electrons. The zero-order valence-electron chi connectivity index (χ0n) is 15.0. The molecule has 1 amide bonds. The lowest BCUT2D eigenvalue weighted by Crippen LogP contribution is -2.27. The molecule has 0 saturated heterocycles. The van der Waals surface area contributed by atoms with E-state index in [0.717, 1.165) is 41.2 Å². The first-order valence-corrected chi connectivity index (χ1v) is 9.04. The molecule has 25 heavy (non-hydrogen) atoms. The minimum absolute atomic E-state index is 0.0996. The highest BCUT2D eigenvalue weighted by molar-refractivity contribution is 6.04. The van der Waals surface area contributed by atoms with Crippen molar-refractivity contribution in [3.05, 3.63) is 46.2 Å². The van der Waals surface area contributed by atoms with Crippen molar-refractivity contribution >= 4 is 11.7 Å². The number of nitrogens with one attached hydrogen (secondary N) is 1. The molecule has 1 fully saturated rings. The third-order valence-corrected chi connectivity index (χ3v) is 5.55. The predicted octanol–water partition coefficient (Wildman–Crippen LogP) is 3.83. The summed E-state index contributed by atoms with van der Waals surface area (Å²) in [6.45, 7) is 4.51. The van der Waals surface area contributed by atoms with Gasteiger partial charge in [-0.25, -0.2) is 0 Å². The highest BCUT2D eigenvalue weighted by atomic mass is 16.3. The van der Waals surface area contributed by atoms with Crippen LogP contribution in [0.15, 0.2) is 16.5 Å². The molecule has 2 atom stereocenters. The van der Waals surface area contributed by atoms with E-state index in [9.17, 15) is 9.59 Å². The molecule has 1 saturated carbocycles. The second-order valence-electron chi connectivity index (χ2n) is 7.54. The van der Waals surface area contributed by atoms with Crippen molar-refractivity contribution in [2.24, 2.45) is 5.92 Å². The van der Waals surface area contributed by atoms with Gasteiger partial charge in [-0.2, -0.15) is 0 Å². The number of aryl methyl sites for hydroxylation is 1. The number of carbonyl (C=O) groups is 2. The molecular weight excluding hydrogens is 316 g/mol. The Morgan fingerprint density at radius 3 is 2.80 bits per heavy atom. The van der Waals surface area contributed by atoms with Crippen LogP contribution < -0.4 is 0 Å². The summed E-state index contributed by atoms with van der Waals surface area (Å²) in [4.78, 5) is 29.8. The average molecular weight is 340 g/mol. The van der Waals surface area contributed by atoms with E-state index in [-0.39, 0.29) is 11.7 Å². The molecule has 1 N–H and O–H groups in total. The molecule has 2 aromatic heterocycles. The summed E-state index contributed by atoms with van der Waals surface area (Å²) in [7, 11) is 1.77. The van der Waals surface area contributed by atoms with Crippen LogP contribution in [0.4, 0.5) is 0 Å². The third-order valence-electron chi connectivity index (χ3n) is 5.55. The van der Waals surface area contributed by atoms with Crippen molar-refractivity contribution in [1.29, 1.82) is 0 Å². The molecule has 2 aromatic rings. The number of amides is 1. The summed E-state index contributed by atoms with van der Waals surface area (Å²) in [5, 5.41) is 0. The number of carbonyl (C=O) groups excluding carboxylic acids is 2. The summed E-state index contributed by atoms with van der Waals surface area (Å²) in [6, 6.07) is 3.99.